The molecule has 1 aromatic rings. The molecule has 1 aromatic heterocycles. The fourth-order valence-corrected chi connectivity index (χ4v) is 0.795. The molecular formula is C6H11N5. The second-order valence-corrected chi connectivity index (χ2v) is 2.19. The van der Waals surface area contributed by atoms with Crippen LogP contribution in [0.5, 0.6) is 0 Å². The van der Waals surface area contributed by atoms with Crippen LogP contribution >= 0.6 is 0 Å². The van der Waals surface area contributed by atoms with Gasteiger partial charge in [-0.05, 0) is 6.92 Å². The molecule has 1 heterocycles. The molecular weight excluding hydrogens is 142 g/mol. The van der Waals surface area contributed by atoms with E-state index in [9.17, 15) is 0 Å². The highest BCUT2D eigenvalue weighted by atomic mass is 15.1. The molecule has 0 atom stereocenters. The summed E-state index contributed by atoms with van der Waals surface area (Å²) >= 11 is 0. The summed E-state index contributed by atoms with van der Waals surface area (Å²) in [7, 11) is 1.76. The van der Waals surface area contributed by atoms with E-state index in [0.717, 1.165) is 5.56 Å². The molecule has 0 radical (unpaired) electrons. The number of anilines is 3. The van der Waals surface area contributed by atoms with E-state index in [-0.39, 0.29) is 5.95 Å². The van der Waals surface area contributed by atoms with Crippen LogP contribution in [0.4, 0.5) is 17.6 Å². The number of rotatable bonds is 1. The van der Waals surface area contributed by atoms with Crippen LogP contribution in [0.3, 0.4) is 0 Å². The molecule has 0 amide bonds. The number of nitrogens with zero attached hydrogens (tertiary/aromatic N) is 2. The Morgan fingerprint density at radius 1 is 1.27 bits per heavy atom. The first-order valence-corrected chi connectivity index (χ1v) is 3.22. The molecule has 0 saturated carbocycles. The van der Waals surface area contributed by atoms with Gasteiger partial charge in [-0.25, -0.2) is 0 Å². The van der Waals surface area contributed by atoms with Gasteiger partial charge in [0.05, 0.1) is 0 Å². The lowest BCUT2D eigenvalue weighted by Crippen LogP contribution is -2.06. The highest BCUT2D eigenvalue weighted by Gasteiger charge is 2.03. The van der Waals surface area contributed by atoms with Crippen molar-refractivity contribution < 1.29 is 0 Å². The Bertz CT molecular complexity index is 270. The molecule has 0 aliphatic rings. The van der Waals surface area contributed by atoms with Gasteiger partial charge in [0.1, 0.15) is 11.6 Å². The Morgan fingerprint density at radius 3 is 2.45 bits per heavy atom. The van der Waals surface area contributed by atoms with Crippen LogP contribution in [0.1, 0.15) is 5.56 Å². The van der Waals surface area contributed by atoms with Gasteiger partial charge >= 0.3 is 0 Å². The van der Waals surface area contributed by atoms with Crippen molar-refractivity contribution in [2.75, 3.05) is 23.8 Å². The van der Waals surface area contributed by atoms with E-state index in [1.54, 1.807) is 7.05 Å². The fourth-order valence-electron chi connectivity index (χ4n) is 0.795. The van der Waals surface area contributed by atoms with Crippen LogP contribution in [-0.4, -0.2) is 17.0 Å². The maximum atomic E-state index is 5.53. The summed E-state index contributed by atoms with van der Waals surface area (Å²) in [5.74, 6) is 1.29. The zero-order valence-corrected chi connectivity index (χ0v) is 6.55. The molecule has 0 saturated heterocycles. The molecule has 0 spiro atoms. The minimum absolute atomic E-state index is 0.192. The van der Waals surface area contributed by atoms with Gasteiger partial charge in [-0.1, -0.05) is 0 Å². The van der Waals surface area contributed by atoms with E-state index in [4.69, 9.17) is 11.5 Å². The van der Waals surface area contributed by atoms with Crippen molar-refractivity contribution in [3.63, 3.8) is 0 Å². The lowest BCUT2D eigenvalue weighted by Gasteiger charge is -2.05. The summed E-state index contributed by atoms with van der Waals surface area (Å²) in [6.45, 7) is 1.83. The molecule has 11 heavy (non-hydrogen) atoms. The normalized spacial score (nSPS) is 9.64. The third-order valence-corrected chi connectivity index (χ3v) is 1.44. The predicted octanol–water partition coefficient (Wildman–Crippen LogP) is -0.00888. The lowest BCUT2D eigenvalue weighted by atomic mass is 10.3. The molecule has 5 nitrogen and oxygen atoms in total. The van der Waals surface area contributed by atoms with Crippen molar-refractivity contribution >= 4 is 17.6 Å². The first kappa shape index (κ1) is 7.59. The van der Waals surface area contributed by atoms with E-state index in [2.05, 4.69) is 15.3 Å². The Hall–Kier alpha value is -1.52. The Morgan fingerprint density at radius 2 is 1.91 bits per heavy atom. The topological polar surface area (TPSA) is 89.8 Å². The number of nitrogen functional groups attached to an aromatic ring is 2. The van der Waals surface area contributed by atoms with Gasteiger partial charge in [0, 0.05) is 12.6 Å². The number of hydrogen-bond acceptors (Lipinski definition) is 5. The monoisotopic (exact) mass is 153 g/mol. The average molecular weight is 153 g/mol. The summed E-state index contributed by atoms with van der Waals surface area (Å²) in [6, 6.07) is 0. The molecule has 1 rings (SSSR count). The smallest absolute Gasteiger partial charge is 0.223 e. The van der Waals surface area contributed by atoms with Gasteiger partial charge < -0.3 is 16.8 Å². The molecule has 0 fully saturated rings. The van der Waals surface area contributed by atoms with Crippen LogP contribution < -0.4 is 16.8 Å². The molecule has 60 valence electrons. The van der Waals surface area contributed by atoms with Crippen LogP contribution in [0.25, 0.3) is 0 Å². The molecule has 0 unspecified atom stereocenters. The highest BCUT2D eigenvalue weighted by molar-refractivity contribution is 5.56. The maximum Gasteiger partial charge on any atom is 0.223 e. The summed E-state index contributed by atoms with van der Waals surface area (Å²) in [4.78, 5) is 7.71. The second-order valence-electron chi connectivity index (χ2n) is 2.19. The number of aromatic nitrogens is 2. The van der Waals surface area contributed by atoms with E-state index in [1.807, 2.05) is 6.92 Å². The van der Waals surface area contributed by atoms with Crippen molar-refractivity contribution in [2.24, 2.45) is 0 Å². The van der Waals surface area contributed by atoms with Gasteiger partial charge in [0.25, 0.3) is 0 Å². The fraction of sp³-hybridized carbons (Fsp3) is 0.333. The maximum absolute atomic E-state index is 5.53. The molecule has 0 aliphatic carbocycles. The third-order valence-electron chi connectivity index (χ3n) is 1.44. The van der Waals surface area contributed by atoms with E-state index >= 15 is 0 Å². The minimum Gasteiger partial charge on any atom is -0.383 e. The Labute approximate surface area is 64.8 Å². The second kappa shape index (κ2) is 2.61. The van der Waals surface area contributed by atoms with Gasteiger partial charge in [0.15, 0.2) is 0 Å². The number of hydrogen-bond donors (Lipinski definition) is 3. The summed E-state index contributed by atoms with van der Waals surface area (Å²) in [6.07, 6.45) is 0. The van der Waals surface area contributed by atoms with Gasteiger partial charge in [-0.2, -0.15) is 9.97 Å². The number of nitrogens with two attached hydrogens (primary N) is 2. The molecule has 0 bridgehead atoms. The molecule has 0 aromatic carbocycles. The summed E-state index contributed by atoms with van der Waals surface area (Å²) < 4.78 is 0. The predicted molar refractivity (Wildman–Crippen MR) is 45.1 cm³/mol. The molecule has 5 N–H and O–H groups in total. The molecule has 0 aliphatic heterocycles. The standard InChI is InChI=1S/C6H11N5/c1-3-4(7)10-6(8)11-5(3)9-2/h1-2H3,(H5,7,8,9,10,11). The average Bonchev–Trinajstić information content (AvgIpc) is 1.96. The quantitative estimate of drug-likeness (QED) is 0.528. The van der Waals surface area contributed by atoms with Crippen LogP contribution in [-0.2, 0) is 0 Å². The van der Waals surface area contributed by atoms with Crippen LogP contribution in [0.2, 0.25) is 0 Å². The number of nitrogens with one attached hydrogen (secondary N) is 1. The highest BCUT2D eigenvalue weighted by Crippen LogP contribution is 2.16. The minimum atomic E-state index is 0.192. The van der Waals surface area contributed by atoms with Gasteiger partial charge in [-0.3, -0.25) is 0 Å². The van der Waals surface area contributed by atoms with Gasteiger partial charge in [-0.15, -0.1) is 0 Å². The lowest BCUT2D eigenvalue weighted by molar-refractivity contribution is 1.15. The van der Waals surface area contributed by atoms with E-state index in [0.29, 0.717) is 11.6 Å². The SMILES string of the molecule is CNc1nc(N)nc(N)c1C. The summed E-state index contributed by atoms with van der Waals surface area (Å²) in [5, 5.41) is 2.87. The summed E-state index contributed by atoms with van der Waals surface area (Å²) in [5.41, 5.74) is 11.7. The zero-order chi connectivity index (χ0) is 8.43. The Kier molecular flexibility index (Phi) is 1.80. The van der Waals surface area contributed by atoms with E-state index in [1.165, 1.54) is 0 Å². The van der Waals surface area contributed by atoms with Crippen molar-refractivity contribution in [3.05, 3.63) is 5.56 Å². The van der Waals surface area contributed by atoms with Crippen LogP contribution in [0, 0.1) is 6.92 Å². The van der Waals surface area contributed by atoms with Gasteiger partial charge in [0.2, 0.25) is 5.95 Å². The van der Waals surface area contributed by atoms with Crippen LogP contribution in [0.15, 0.2) is 0 Å². The van der Waals surface area contributed by atoms with Crippen molar-refractivity contribution in [1.82, 2.24) is 9.97 Å². The van der Waals surface area contributed by atoms with Crippen molar-refractivity contribution in [3.8, 4) is 0 Å². The Balaban J connectivity index is 3.24. The van der Waals surface area contributed by atoms with Crippen molar-refractivity contribution in [1.29, 1.82) is 0 Å². The first-order chi connectivity index (χ1) is 5.15. The zero-order valence-electron chi connectivity index (χ0n) is 6.55. The van der Waals surface area contributed by atoms with Crippen molar-refractivity contribution in [2.45, 2.75) is 6.92 Å². The van der Waals surface area contributed by atoms with E-state index < -0.39 is 0 Å². The first-order valence-electron chi connectivity index (χ1n) is 3.22. The third kappa shape index (κ3) is 1.31. The largest absolute Gasteiger partial charge is 0.383 e. The molecule has 5 heteroatoms.